The number of aryl methyl sites for hydroxylation is 1. The maximum Gasteiger partial charge on any atom is 0.306 e. The van der Waals surface area contributed by atoms with Gasteiger partial charge in [0.1, 0.15) is 5.75 Å². The van der Waals surface area contributed by atoms with Gasteiger partial charge >= 0.3 is 5.97 Å². The predicted octanol–water partition coefficient (Wildman–Crippen LogP) is 2.00. The van der Waals surface area contributed by atoms with E-state index in [-0.39, 0.29) is 24.5 Å². The summed E-state index contributed by atoms with van der Waals surface area (Å²) in [5.74, 6) is -0.584. The van der Waals surface area contributed by atoms with Crippen molar-refractivity contribution in [2.24, 2.45) is 5.92 Å². The molecule has 114 valence electrons. The molecule has 1 aliphatic carbocycles. The lowest BCUT2D eigenvalue weighted by Gasteiger charge is -2.14. The van der Waals surface area contributed by atoms with Crippen LogP contribution in [0.1, 0.15) is 31.7 Å². The first-order valence-electron chi connectivity index (χ1n) is 7.33. The van der Waals surface area contributed by atoms with Gasteiger partial charge < -0.3 is 15.2 Å². The maximum atomic E-state index is 11.9. The lowest BCUT2D eigenvalue weighted by Crippen LogP contribution is -2.36. The van der Waals surface area contributed by atoms with Gasteiger partial charge in [0.05, 0.1) is 5.92 Å². The Labute approximate surface area is 124 Å². The number of carboxylic acid groups (broad SMARTS) is 1. The fraction of sp³-hybridized carbons (Fsp3) is 0.500. The summed E-state index contributed by atoms with van der Waals surface area (Å²) < 4.78 is 5.55. The summed E-state index contributed by atoms with van der Waals surface area (Å²) in [6, 6.07) is 7.59. The van der Waals surface area contributed by atoms with Gasteiger partial charge in [-0.15, -0.1) is 0 Å². The number of hydrogen-bond donors (Lipinski definition) is 2. The van der Waals surface area contributed by atoms with Gasteiger partial charge in [-0.1, -0.05) is 25.1 Å². The summed E-state index contributed by atoms with van der Waals surface area (Å²) in [6.07, 6.45) is 2.70. The van der Waals surface area contributed by atoms with E-state index in [0.29, 0.717) is 19.3 Å². The Kier molecular flexibility index (Phi) is 5.20. The third-order valence-electron chi connectivity index (χ3n) is 3.86. The first kappa shape index (κ1) is 15.4. The van der Waals surface area contributed by atoms with Crippen molar-refractivity contribution in [2.75, 3.05) is 6.61 Å². The first-order chi connectivity index (χ1) is 10.1. The SMILES string of the molecule is CCc1ccccc1OCC(=O)N[C@H]1CC[C@@H](C(=O)O)C1. The summed E-state index contributed by atoms with van der Waals surface area (Å²) in [4.78, 5) is 22.7. The average molecular weight is 291 g/mol. The first-order valence-corrected chi connectivity index (χ1v) is 7.33. The van der Waals surface area contributed by atoms with E-state index in [9.17, 15) is 9.59 Å². The van der Waals surface area contributed by atoms with E-state index in [1.54, 1.807) is 0 Å². The van der Waals surface area contributed by atoms with Crippen molar-refractivity contribution in [3.63, 3.8) is 0 Å². The molecule has 0 radical (unpaired) electrons. The van der Waals surface area contributed by atoms with Crippen molar-refractivity contribution in [3.8, 4) is 5.75 Å². The molecule has 5 heteroatoms. The molecule has 0 heterocycles. The predicted molar refractivity (Wildman–Crippen MR) is 78.2 cm³/mol. The molecule has 0 aromatic heterocycles. The minimum absolute atomic E-state index is 0.0365. The molecule has 5 nitrogen and oxygen atoms in total. The minimum atomic E-state index is -0.778. The van der Waals surface area contributed by atoms with Crippen LogP contribution in [-0.2, 0) is 16.0 Å². The minimum Gasteiger partial charge on any atom is -0.483 e. The molecule has 1 fully saturated rings. The van der Waals surface area contributed by atoms with Gasteiger partial charge in [0.2, 0.25) is 0 Å². The van der Waals surface area contributed by atoms with Crippen LogP contribution in [0.3, 0.4) is 0 Å². The number of nitrogens with one attached hydrogen (secondary N) is 1. The van der Waals surface area contributed by atoms with E-state index in [1.165, 1.54) is 0 Å². The molecule has 1 aliphatic rings. The number of hydrogen-bond acceptors (Lipinski definition) is 3. The number of ether oxygens (including phenoxy) is 1. The largest absolute Gasteiger partial charge is 0.483 e. The molecule has 1 saturated carbocycles. The van der Waals surface area contributed by atoms with Crippen LogP contribution in [0.2, 0.25) is 0 Å². The Morgan fingerprint density at radius 2 is 2.10 bits per heavy atom. The summed E-state index contributed by atoms with van der Waals surface area (Å²) in [5.41, 5.74) is 1.07. The van der Waals surface area contributed by atoms with Gasteiger partial charge in [0.15, 0.2) is 6.61 Å². The highest BCUT2D eigenvalue weighted by Gasteiger charge is 2.30. The highest BCUT2D eigenvalue weighted by molar-refractivity contribution is 5.78. The van der Waals surface area contributed by atoms with Crippen LogP contribution >= 0.6 is 0 Å². The lowest BCUT2D eigenvalue weighted by atomic mass is 10.1. The van der Waals surface area contributed by atoms with Crippen LogP contribution in [0.15, 0.2) is 24.3 Å². The van der Waals surface area contributed by atoms with Gasteiger partial charge in [-0.3, -0.25) is 9.59 Å². The topological polar surface area (TPSA) is 75.6 Å². The lowest BCUT2D eigenvalue weighted by molar-refractivity contribution is -0.141. The zero-order chi connectivity index (χ0) is 15.2. The molecule has 2 rings (SSSR count). The second-order valence-corrected chi connectivity index (χ2v) is 5.36. The van der Waals surface area contributed by atoms with Gasteiger partial charge in [0.25, 0.3) is 5.91 Å². The second-order valence-electron chi connectivity index (χ2n) is 5.36. The summed E-state index contributed by atoms with van der Waals surface area (Å²) in [6.45, 7) is 2.00. The van der Waals surface area contributed by atoms with Gasteiger partial charge in [-0.05, 0) is 37.3 Å². The van der Waals surface area contributed by atoms with E-state index in [1.807, 2.05) is 31.2 Å². The van der Waals surface area contributed by atoms with Crippen LogP contribution in [-0.4, -0.2) is 29.6 Å². The summed E-state index contributed by atoms with van der Waals surface area (Å²) in [5, 5.41) is 11.8. The molecule has 21 heavy (non-hydrogen) atoms. The molecular formula is C16H21NO4. The van der Waals surface area contributed by atoms with Gasteiger partial charge in [0, 0.05) is 6.04 Å². The third-order valence-corrected chi connectivity index (χ3v) is 3.86. The molecule has 2 N–H and O–H groups in total. The Balaban J connectivity index is 1.79. The highest BCUT2D eigenvalue weighted by atomic mass is 16.5. The Bertz CT molecular complexity index is 515. The number of carboxylic acids is 1. The zero-order valence-corrected chi connectivity index (χ0v) is 12.2. The number of carbonyl (C=O) groups is 2. The molecule has 0 unspecified atom stereocenters. The number of amides is 1. The van der Waals surface area contributed by atoms with E-state index in [0.717, 1.165) is 17.7 Å². The maximum absolute atomic E-state index is 11.9. The Morgan fingerprint density at radius 3 is 2.76 bits per heavy atom. The van der Waals surface area contributed by atoms with Crippen molar-refractivity contribution in [3.05, 3.63) is 29.8 Å². The fourth-order valence-electron chi connectivity index (χ4n) is 2.69. The monoisotopic (exact) mass is 291 g/mol. The molecule has 1 amide bonds. The molecule has 1 aromatic rings. The van der Waals surface area contributed by atoms with Crippen LogP contribution in [0.4, 0.5) is 0 Å². The van der Waals surface area contributed by atoms with Gasteiger partial charge in [-0.25, -0.2) is 0 Å². The number of para-hydroxylation sites is 1. The zero-order valence-electron chi connectivity index (χ0n) is 12.2. The Morgan fingerprint density at radius 1 is 1.33 bits per heavy atom. The quantitative estimate of drug-likeness (QED) is 0.840. The van der Waals surface area contributed by atoms with E-state index in [4.69, 9.17) is 9.84 Å². The summed E-state index contributed by atoms with van der Waals surface area (Å²) >= 11 is 0. The Hall–Kier alpha value is -2.04. The second kappa shape index (κ2) is 7.11. The van der Waals surface area contributed by atoms with Crippen LogP contribution < -0.4 is 10.1 Å². The van der Waals surface area contributed by atoms with Crippen LogP contribution in [0, 0.1) is 5.92 Å². The molecule has 0 aliphatic heterocycles. The van der Waals surface area contributed by atoms with Crippen molar-refractivity contribution in [1.82, 2.24) is 5.32 Å². The van der Waals surface area contributed by atoms with E-state index < -0.39 is 5.97 Å². The smallest absolute Gasteiger partial charge is 0.306 e. The standard InChI is InChI=1S/C16H21NO4/c1-2-11-5-3-4-6-14(11)21-10-15(18)17-13-8-7-12(9-13)16(19)20/h3-6,12-13H,2,7-10H2,1H3,(H,17,18)(H,19,20)/t12-,13+/m1/s1. The number of benzene rings is 1. The molecule has 0 spiro atoms. The van der Waals surface area contributed by atoms with E-state index >= 15 is 0 Å². The van der Waals surface area contributed by atoms with Crippen molar-refractivity contribution in [2.45, 2.75) is 38.6 Å². The van der Waals surface area contributed by atoms with Crippen molar-refractivity contribution in [1.29, 1.82) is 0 Å². The molecular weight excluding hydrogens is 270 g/mol. The molecule has 0 bridgehead atoms. The van der Waals surface area contributed by atoms with Gasteiger partial charge in [-0.2, -0.15) is 0 Å². The average Bonchev–Trinajstić information content (AvgIpc) is 2.94. The molecule has 0 saturated heterocycles. The normalized spacial score (nSPS) is 21.0. The highest BCUT2D eigenvalue weighted by Crippen LogP contribution is 2.25. The summed E-state index contributed by atoms with van der Waals surface area (Å²) in [7, 11) is 0. The van der Waals surface area contributed by atoms with Crippen LogP contribution in [0.25, 0.3) is 0 Å². The third kappa shape index (κ3) is 4.21. The van der Waals surface area contributed by atoms with E-state index in [2.05, 4.69) is 5.32 Å². The van der Waals surface area contributed by atoms with Crippen LogP contribution in [0.5, 0.6) is 5.75 Å². The fourth-order valence-corrected chi connectivity index (χ4v) is 2.69. The number of rotatable bonds is 6. The van der Waals surface area contributed by atoms with Crippen molar-refractivity contribution >= 4 is 11.9 Å². The van der Waals surface area contributed by atoms with Crippen molar-refractivity contribution < 1.29 is 19.4 Å². The number of carbonyl (C=O) groups excluding carboxylic acids is 1. The molecule has 1 aromatic carbocycles. The number of aliphatic carboxylic acids is 1. The molecule has 2 atom stereocenters.